The molecule has 0 aromatic heterocycles. The Labute approximate surface area is 76.5 Å². The molecule has 0 unspecified atom stereocenters. The van der Waals surface area contributed by atoms with Gasteiger partial charge in [0.2, 0.25) is 0 Å². The second-order valence-electron chi connectivity index (χ2n) is 4.98. The fraction of sp³-hybridized carbons (Fsp3) is 1.00. The van der Waals surface area contributed by atoms with Crippen LogP contribution in [0, 0.1) is 10.8 Å². The minimum Gasteiger partial charge on any atom is -0.380 e. The van der Waals surface area contributed by atoms with Crippen LogP contribution in [0.4, 0.5) is 0 Å². The minimum atomic E-state index is 0.210. The lowest BCUT2D eigenvalue weighted by Gasteiger charge is -2.38. The maximum absolute atomic E-state index is 5.45. The summed E-state index contributed by atoms with van der Waals surface area (Å²) < 4.78 is 5.45. The minimum absolute atomic E-state index is 0.210. The summed E-state index contributed by atoms with van der Waals surface area (Å²) in [7, 11) is 0. The molecule has 0 amide bonds. The van der Waals surface area contributed by atoms with E-state index in [0.29, 0.717) is 13.2 Å². The standard InChI is InChI=1S/C10H23NO/c1-9(2,3)10(4,5)8-12-7-6-11/h6-8,11H2,1-5H3. The number of hydrogen-bond acceptors (Lipinski definition) is 2. The van der Waals surface area contributed by atoms with Crippen LogP contribution in [0.25, 0.3) is 0 Å². The van der Waals surface area contributed by atoms with Crippen molar-refractivity contribution in [3.63, 3.8) is 0 Å². The monoisotopic (exact) mass is 173 g/mol. The molecule has 0 saturated heterocycles. The zero-order valence-corrected chi connectivity index (χ0v) is 9.11. The van der Waals surface area contributed by atoms with Gasteiger partial charge in [-0.15, -0.1) is 0 Å². The Morgan fingerprint density at radius 2 is 1.58 bits per heavy atom. The van der Waals surface area contributed by atoms with Gasteiger partial charge in [0.15, 0.2) is 0 Å². The van der Waals surface area contributed by atoms with Gasteiger partial charge in [-0.3, -0.25) is 0 Å². The van der Waals surface area contributed by atoms with E-state index in [1.807, 2.05) is 0 Å². The predicted molar refractivity (Wildman–Crippen MR) is 53.1 cm³/mol. The third-order valence-electron chi connectivity index (χ3n) is 2.76. The van der Waals surface area contributed by atoms with Gasteiger partial charge < -0.3 is 10.5 Å². The first-order valence-electron chi connectivity index (χ1n) is 4.59. The fourth-order valence-electron chi connectivity index (χ4n) is 0.627. The average molecular weight is 173 g/mol. The highest BCUT2D eigenvalue weighted by atomic mass is 16.5. The van der Waals surface area contributed by atoms with E-state index >= 15 is 0 Å². The Balaban J connectivity index is 3.88. The molecule has 0 aromatic carbocycles. The Morgan fingerprint density at radius 1 is 1.08 bits per heavy atom. The highest BCUT2D eigenvalue weighted by molar-refractivity contribution is 4.81. The van der Waals surface area contributed by atoms with E-state index in [2.05, 4.69) is 34.6 Å². The van der Waals surface area contributed by atoms with Crippen molar-refractivity contribution in [3.05, 3.63) is 0 Å². The van der Waals surface area contributed by atoms with Crippen molar-refractivity contribution in [2.45, 2.75) is 34.6 Å². The van der Waals surface area contributed by atoms with E-state index in [-0.39, 0.29) is 10.8 Å². The second-order valence-corrected chi connectivity index (χ2v) is 4.98. The van der Waals surface area contributed by atoms with E-state index in [1.54, 1.807) is 0 Å². The molecule has 0 saturated carbocycles. The van der Waals surface area contributed by atoms with Gasteiger partial charge in [0.1, 0.15) is 0 Å². The SMILES string of the molecule is CC(C)(C)C(C)(C)COCCN. The van der Waals surface area contributed by atoms with E-state index in [1.165, 1.54) is 0 Å². The van der Waals surface area contributed by atoms with E-state index in [0.717, 1.165) is 6.61 Å². The third-order valence-corrected chi connectivity index (χ3v) is 2.76. The molecule has 0 rings (SSSR count). The Hall–Kier alpha value is -0.0800. The summed E-state index contributed by atoms with van der Waals surface area (Å²) in [6.07, 6.45) is 0. The highest BCUT2D eigenvalue weighted by Gasteiger charge is 2.32. The van der Waals surface area contributed by atoms with Gasteiger partial charge in [-0.2, -0.15) is 0 Å². The lowest BCUT2D eigenvalue weighted by Crippen LogP contribution is -2.34. The normalized spacial score (nSPS) is 13.5. The van der Waals surface area contributed by atoms with Crippen LogP contribution in [0.15, 0.2) is 0 Å². The van der Waals surface area contributed by atoms with Gasteiger partial charge in [0.25, 0.3) is 0 Å². The van der Waals surface area contributed by atoms with Crippen LogP contribution in [0.2, 0.25) is 0 Å². The van der Waals surface area contributed by atoms with Crippen molar-refractivity contribution in [1.82, 2.24) is 0 Å². The van der Waals surface area contributed by atoms with Crippen molar-refractivity contribution < 1.29 is 4.74 Å². The summed E-state index contributed by atoms with van der Waals surface area (Å²) in [6, 6.07) is 0. The molecule has 0 aromatic rings. The van der Waals surface area contributed by atoms with Gasteiger partial charge in [0.05, 0.1) is 13.2 Å². The van der Waals surface area contributed by atoms with Crippen LogP contribution in [0.1, 0.15) is 34.6 Å². The van der Waals surface area contributed by atoms with E-state index in [9.17, 15) is 0 Å². The van der Waals surface area contributed by atoms with Crippen molar-refractivity contribution in [3.8, 4) is 0 Å². The van der Waals surface area contributed by atoms with Crippen molar-refractivity contribution in [1.29, 1.82) is 0 Å². The molecule has 2 N–H and O–H groups in total. The van der Waals surface area contributed by atoms with Gasteiger partial charge in [-0.1, -0.05) is 34.6 Å². The quantitative estimate of drug-likeness (QED) is 0.660. The van der Waals surface area contributed by atoms with E-state index < -0.39 is 0 Å². The molecule has 12 heavy (non-hydrogen) atoms. The Morgan fingerprint density at radius 3 is 1.92 bits per heavy atom. The first kappa shape index (κ1) is 11.9. The van der Waals surface area contributed by atoms with Crippen LogP contribution < -0.4 is 5.73 Å². The molecule has 0 aliphatic heterocycles. The zero-order valence-electron chi connectivity index (χ0n) is 9.11. The number of hydrogen-bond donors (Lipinski definition) is 1. The average Bonchev–Trinajstić information content (AvgIpc) is 1.85. The first-order chi connectivity index (χ1) is 5.31. The topological polar surface area (TPSA) is 35.2 Å². The molecule has 0 fully saturated rings. The molecule has 0 spiro atoms. The lowest BCUT2D eigenvalue weighted by molar-refractivity contribution is 0.00251. The molecule has 0 bridgehead atoms. The molecule has 0 heterocycles. The van der Waals surface area contributed by atoms with Crippen molar-refractivity contribution in [2.24, 2.45) is 16.6 Å². The summed E-state index contributed by atoms with van der Waals surface area (Å²) in [5, 5.41) is 0. The van der Waals surface area contributed by atoms with Crippen molar-refractivity contribution >= 4 is 0 Å². The van der Waals surface area contributed by atoms with Crippen LogP contribution in [0.5, 0.6) is 0 Å². The second kappa shape index (κ2) is 4.24. The van der Waals surface area contributed by atoms with Gasteiger partial charge in [0, 0.05) is 6.54 Å². The Kier molecular flexibility index (Phi) is 4.21. The highest BCUT2D eigenvalue weighted by Crippen LogP contribution is 2.37. The maximum Gasteiger partial charge on any atom is 0.0588 e. The molecule has 74 valence electrons. The molecule has 0 aliphatic rings. The van der Waals surface area contributed by atoms with Crippen LogP contribution in [0.3, 0.4) is 0 Å². The van der Waals surface area contributed by atoms with Crippen molar-refractivity contribution in [2.75, 3.05) is 19.8 Å². The smallest absolute Gasteiger partial charge is 0.0588 e. The molecular weight excluding hydrogens is 150 g/mol. The fourth-order valence-corrected chi connectivity index (χ4v) is 0.627. The third kappa shape index (κ3) is 3.55. The van der Waals surface area contributed by atoms with Crippen LogP contribution in [-0.2, 0) is 4.74 Å². The lowest BCUT2D eigenvalue weighted by atomic mass is 9.70. The summed E-state index contributed by atoms with van der Waals surface area (Å²) >= 11 is 0. The predicted octanol–water partition coefficient (Wildman–Crippen LogP) is 2.03. The largest absolute Gasteiger partial charge is 0.380 e. The van der Waals surface area contributed by atoms with Gasteiger partial charge >= 0.3 is 0 Å². The number of ether oxygens (including phenoxy) is 1. The van der Waals surface area contributed by atoms with Crippen LogP contribution >= 0.6 is 0 Å². The van der Waals surface area contributed by atoms with E-state index in [4.69, 9.17) is 10.5 Å². The molecule has 2 heteroatoms. The molecular formula is C10H23NO. The molecule has 0 aliphatic carbocycles. The van der Waals surface area contributed by atoms with Crippen LogP contribution in [-0.4, -0.2) is 19.8 Å². The zero-order chi connectivity index (χ0) is 9.83. The first-order valence-corrected chi connectivity index (χ1v) is 4.59. The molecule has 0 radical (unpaired) electrons. The van der Waals surface area contributed by atoms with Gasteiger partial charge in [-0.05, 0) is 10.8 Å². The number of nitrogens with two attached hydrogens (primary N) is 1. The summed E-state index contributed by atoms with van der Waals surface area (Å²) in [4.78, 5) is 0. The molecule has 0 atom stereocenters. The van der Waals surface area contributed by atoms with Gasteiger partial charge in [-0.25, -0.2) is 0 Å². The summed E-state index contributed by atoms with van der Waals surface area (Å²) in [5.74, 6) is 0. The Bertz CT molecular complexity index is 124. The maximum atomic E-state index is 5.45. The molecule has 2 nitrogen and oxygen atoms in total. The number of rotatable bonds is 4. The summed E-state index contributed by atoms with van der Waals surface area (Å²) in [6.45, 7) is 13.2. The summed E-state index contributed by atoms with van der Waals surface area (Å²) in [5.41, 5.74) is 5.83.